The lowest BCUT2D eigenvalue weighted by molar-refractivity contribution is -0.117. The van der Waals surface area contributed by atoms with E-state index in [-0.39, 0.29) is 0 Å². The topological polar surface area (TPSA) is 17.1 Å². The molecule has 2 fully saturated rings. The first-order chi connectivity index (χ1) is 6.79. The predicted molar refractivity (Wildman–Crippen MR) is 58.1 cm³/mol. The van der Waals surface area contributed by atoms with Gasteiger partial charge < -0.3 is 0 Å². The van der Waals surface area contributed by atoms with Crippen LogP contribution in [0.2, 0.25) is 0 Å². The van der Waals surface area contributed by atoms with Crippen LogP contribution in [0.5, 0.6) is 0 Å². The summed E-state index contributed by atoms with van der Waals surface area (Å²) < 4.78 is 0. The van der Waals surface area contributed by atoms with Crippen LogP contribution in [-0.4, -0.2) is 5.78 Å². The van der Waals surface area contributed by atoms with Crippen molar-refractivity contribution in [2.24, 2.45) is 17.8 Å². The first-order valence-electron chi connectivity index (χ1n) is 6.31. The summed E-state index contributed by atoms with van der Waals surface area (Å²) in [5.41, 5.74) is 0. The lowest BCUT2D eigenvalue weighted by Gasteiger charge is -2.31. The molecule has 14 heavy (non-hydrogen) atoms. The van der Waals surface area contributed by atoms with E-state index >= 15 is 0 Å². The number of hydrogen-bond donors (Lipinski definition) is 0. The highest BCUT2D eigenvalue weighted by atomic mass is 16.1. The Balaban J connectivity index is 1.80. The summed E-state index contributed by atoms with van der Waals surface area (Å²) in [5, 5.41) is 0. The van der Waals surface area contributed by atoms with Crippen LogP contribution < -0.4 is 0 Å². The van der Waals surface area contributed by atoms with Crippen LogP contribution in [0.15, 0.2) is 0 Å². The molecule has 2 rings (SSSR count). The highest BCUT2D eigenvalue weighted by molar-refractivity contribution is 5.80. The van der Waals surface area contributed by atoms with Crippen molar-refractivity contribution >= 4 is 5.78 Å². The van der Waals surface area contributed by atoms with Gasteiger partial charge >= 0.3 is 0 Å². The molecule has 0 heterocycles. The number of Topliss-reactive ketones (excluding diaryl/α,β-unsaturated/α-hetero) is 1. The van der Waals surface area contributed by atoms with Gasteiger partial charge in [-0.15, -0.1) is 0 Å². The van der Waals surface area contributed by atoms with Gasteiger partial charge in [0.05, 0.1) is 0 Å². The Kier molecular flexibility index (Phi) is 3.25. The average Bonchev–Trinajstić information content (AvgIpc) is 2.65. The minimum Gasteiger partial charge on any atom is -0.300 e. The van der Waals surface area contributed by atoms with Gasteiger partial charge in [0.1, 0.15) is 5.78 Å². The normalized spacial score (nSPS) is 38.9. The van der Waals surface area contributed by atoms with Crippen LogP contribution in [0.4, 0.5) is 0 Å². The number of hydrogen-bond acceptors (Lipinski definition) is 1. The number of ketones is 1. The van der Waals surface area contributed by atoms with Gasteiger partial charge in [-0.1, -0.05) is 26.2 Å². The third-order valence-corrected chi connectivity index (χ3v) is 4.42. The highest BCUT2D eigenvalue weighted by Gasteiger charge is 2.31. The van der Waals surface area contributed by atoms with Crippen LogP contribution in [-0.2, 0) is 4.79 Å². The molecule has 0 aromatic rings. The minimum atomic E-state index is 0.521. The summed E-state index contributed by atoms with van der Waals surface area (Å²) in [5.74, 6) is 3.17. The van der Waals surface area contributed by atoms with E-state index in [4.69, 9.17) is 0 Å². The molecule has 0 aromatic heterocycles. The Morgan fingerprint density at radius 3 is 2.29 bits per heavy atom. The molecule has 1 nitrogen and oxygen atoms in total. The molecular weight excluding hydrogens is 172 g/mol. The van der Waals surface area contributed by atoms with Crippen molar-refractivity contribution in [2.45, 2.75) is 58.3 Å². The SMILES string of the molecule is CCC1CCC(C2CCC(=O)C2)CC1. The summed E-state index contributed by atoms with van der Waals surface area (Å²) in [4.78, 5) is 11.2. The van der Waals surface area contributed by atoms with Crippen LogP contribution >= 0.6 is 0 Å². The molecule has 0 saturated heterocycles. The van der Waals surface area contributed by atoms with E-state index in [2.05, 4.69) is 6.92 Å². The minimum absolute atomic E-state index is 0.521. The molecule has 0 aromatic carbocycles. The highest BCUT2D eigenvalue weighted by Crippen LogP contribution is 2.40. The summed E-state index contributed by atoms with van der Waals surface area (Å²) in [6.07, 6.45) is 9.97. The predicted octanol–water partition coefficient (Wildman–Crippen LogP) is 3.57. The molecule has 0 radical (unpaired) electrons. The maximum absolute atomic E-state index is 11.2. The van der Waals surface area contributed by atoms with Gasteiger partial charge in [-0.25, -0.2) is 0 Å². The van der Waals surface area contributed by atoms with E-state index in [1.54, 1.807) is 0 Å². The summed E-state index contributed by atoms with van der Waals surface area (Å²) in [7, 11) is 0. The first-order valence-corrected chi connectivity index (χ1v) is 6.31. The standard InChI is InChI=1S/C13H22O/c1-2-10-3-5-11(6-4-10)12-7-8-13(14)9-12/h10-12H,2-9H2,1H3. The molecule has 2 aliphatic carbocycles. The van der Waals surface area contributed by atoms with Crippen molar-refractivity contribution < 1.29 is 4.79 Å². The zero-order valence-corrected chi connectivity index (χ0v) is 9.30. The Morgan fingerprint density at radius 2 is 1.79 bits per heavy atom. The van der Waals surface area contributed by atoms with Gasteiger partial charge in [-0.3, -0.25) is 4.79 Å². The fourth-order valence-electron chi connectivity index (χ4n) is 3.31. The third-order valence-electron chi connectivity index (χ3n) is 4.42. The zero-order valence-electron chi connectivity index (χ0n) is 9.30. The molecular formula is C13H22O. The van der Waals surface area contributed by atoms with Gasteiger partial charge in [0, 0.05) is 12.8 Å². The quantitative estimate of drug-likeness (QED) is 0.656. The molecule has 0 aliphatic heterocycles. The maximum atomic E-state index is 11.2. The molecule has 0 amide bonds. The largest absolute Gasteiger partial charge is 0.300 e. The molecule has 2 aliphatic rings. The van der Waals surface area contributed by atoms with E-state index in [1.807, 2.05) is 0 Å². The zero-order chi connectivity index (χ0) is 9.97. The van der Waals surface area contributed by atoms with Crippen LogP contribution in [0, 0.1) is 17.8 Å². The summed E-state index contributed by atoms with van der Waals surface area (Å²) in [6, 6.07) is 0. The van der Waals surface area contributed by atoms with Gasteiger partial charge in [-0.05, 0) is 37.0 Å². The molecule has 0 spiro atoms. The fraction of sp³-hybridized carbons (Fsp3) is 0.923. The second kappa shape index (κ2) is 4.46. The Labute approximate surface area is 87.3 Å². The van der Waals surface area contributed by atoms with Gasteiger partial charge in [0.2, 0.25) is 0 Å². The van der Waals surface area contributed by atoms with Crippen LogP contribution in [0.3, 0.4) is 0 Å². The second-order valence-corrected chi connectivity index (χ2v) is 5.23. The molecule has 1 heteroatoms. The van der Waals surface area contributed by atoms with E-state index < -0.39 is 0 Å². The van der Waals surface area contributed by atoms with Gasteiger partial charge in [0.15, 0.2) is 0 Å². The smallest absolute Gasteiger partial charge is 0.133 e. The van der Waals surface area contributed by atoms with E-state index in [0.29, 0.717) is 5.78 Å². The number of rotatable bonds is 2. The van der Waals surface area contributed by atoms with Crippen molar-refractivity contribution in [2.75, 3.05) is 0 Å². The molecule has 80 valence electrons. The van der Waals surface area contributed by atoms with E-state index in [0.717, 1.165) is 30.6 Å². The van der Waals surface area contributed by atoms with Crippen molar-refractivity contribution in [1.29, 1.82) is 0 Å². The van der Waals surface area contributed by atoms with Crippen molar-refractivity contribution in [1.82, 2.24) is 0 Å². The number of carbonyl (C=O) groups excluding carboxylic acids is 1. The lowest BCUT2D eigenvalue weighted by Crippen LogP contribution is -2.20. The van der Waals surface area contributed by atoms with Crippen LogP contribution in [0.25, 0.3) is 0 Å². The molecule has 0 bridgehead atoms. The van der Waals surface area contributed by atoms with Crippen LogP contribution in [0.1, 0.15) is 58.3 Å². The van der Waals surface area contributed by atoms with Crippen molar-refractivity contribution in [3.8, 4) is 0 Å². The van der Waals surface area contributed by atoms with Gasteiger partial charge in [-0.2, -0.15) is 0 Å². The van der Waals surface area contributed by atoms with E-state index in [9.17, 15) is 4.79 Å². The lowest BCUT2D eigenvalue weighted by atomic mass is 9.74. The van der Waals surface area contributed by atoms with Crippen molar-refractivity contribution in [3.05, 3.63) is 0 Å². The number of carbonyl (C=O) groups is 1. The Hall–Kier alpha value is -0.330. The Bertz CT molecular complexity index is 201. The Morgan fingerprint density at radius 1 is 1.07 bits per heavy atom. The van der Waals surface area contributed by atoms with Crippen molar-refractivity contribution in [3.63, 3.8) is 0 Å². The fourth-order valence-corrected chi connectivity index (χ4v) is 3.31. The monoisotopic (exact) mass is 194 g/mol. The van der Waals surface area contributed by atoms with E-state index in [1.165, 1.54) is 38.5 Å². The average molecular weight is 194 g/mol. The maximum Gasteiger partial charge on any atom is 0.133 e. The molecule has 2 saturated carbocycles. The first kappa shape index (κ1) is 10.2. The molecule has 0 N–H and O–H groups in total. The second-order valence-electron chi connectivity index (χ2n) is 5.23. The third kappa shape index (κ3) is 2.18. The van der Waals surface area contributed by atoms with Gasteiger partial charge in [0.25, 0.3) is 0 Å². The molecule has 1 atom stereocenters. The molecule has 1 unspecified atom stereocenters. The summed E-state index contributed by atoms with van der Waals surface area (Å²) >= 11 is 0. The summed E-state index contributed by atoms with van der Waals surface area (Å²) in [6.45, 7) is 2.31.